The topological polar surface area (TPSA) is 23.8 Å². The van der Waals surface area contributed by atoms with Crippen LogP contribution in [0.2, 0.25) is 0 Å². The zero-order chi connectivity index (χ0) is 20.2. The molecule has 2 fully saturated rings. The molecule has 0 spiro atoms. The van der Waals surface area contributed by atoms with Gasteiger partial charge in [0.1, 0.15) is 17.0 Å². The van der Waals surface area contributed by atoms with Crippen molar-refractivity contribution in [2.24, 2.45) is 11.8 Å². The predicted octanol–water partition coefficient (Wildman–Crippen LogP) is 7.01. The Morgan fingerprint density at radius 2 is 1.38 bits per heavy atom. The maximum atomic E-state index is 13.9. The van der Waals surface area contributed by atoms with E-state index in [1.807, 2.05) is 12.1 Å². The van der Waals surface area contributed by atoms with E-state index in [4.69, 9.17) is 5.26 Å². The molecule has 1 nitrogen and oxygen atoms in total. The quantitative estimate of drug-likeness (QED) is 0.309. The third kappa shape index (κ3) is 5.20. The molecule has 29 heavy (non-hydrogen) atoms. The fraction of sp³-hybridized carbons (Fsp3) is 0.400. The van der Waals surface area contributed by atoms with E-state index in [2.05, 4.69) is 24.0 Å². The molecule has 0 heterocycles. The normalized spacial score (nSPS) is 21.1. The number of rotatable bonds is 4. The van der Waals surface area contributed by atoms with E-state index >= 15 is 0 Å². The van der Waals surface area contributed by atoms with E-state index in [1.54, 1.807) is 5.40 Å². The summed E-state index contributed by atoms with van der Waals surface area (Å²) in [6, 6.07) is 10.6. The molecule has 2 aromatic rings. The number of hydrogen-bond donors (Lipinski definition) is 0. The van der Waals surface area contributed by atoms with Crippen molar-refractivity contribution < 1.29 is 8.78 Å². The van der Waals surface area contributed by atoms with Gasteiger partial charge in [-0.05, 0) is 91.4 Å². The highest BCUT2D eigenvalue weighted by molar-refractivity contribution is 8.03. The summed E-state index contributed by atoms with van der Waals surface area (Å²) in [6.07, 6.45) is 9.58. The molecule has 0 amide bonds. The zero-order valence-corrected chi connectivity index (χ0v) is 17.1. The zero-order valence-electron chi connectivity index (χ0n) is 16.3. The summed E-state index contributed by atoms with van der Waals surface area (Å²) in [4.78, 5) is -0.283. The molecule has 0 radical (unpaired) electrons. The number of thioether (sulfide) groups is 1. The van der Waals surface area contributed by atoms with Crippen LogP contribution in [0.3, 0.4) is 0 Å². The third-order valence-electron chi connectivity index (χ3n) is 6.09. The Balaban J connectivity index is 1.39. The number of nitriles is 1. The molecule has 0 N–H and O–H groups in total. The number of nitrogens with zero attached hydrogens (tertiary/aromatic N) is 1. The molecule has 0 aliphatic heterocycles. The lowest BCUT2D eigenvalue weighted by Crippen LogP contribution is -2.13. The Hall–Kier alpha value is -2.30. The van der Waals surface area contributed by atoms with Gasteiger partial charge in [0.2, 0.25) is 0 Å². The first-order valence-corrected chi connectivity index (χ1v) is 11.1. The van der Waals surface area contributed by atoms with E-state index < -0.39 is 11.6 Å². The lowest BCUT2D eigenvalue weighted by Gasteiger charge is -2.28. The van der Waals surface area contributed by atoms with Crippen LogP contribution in [0.25, 0.3) is 0 Å². The van der Waals surface area contributed by atoms with Gasteiger partial charge in [0.15, 0.2) is 0 Å². The number of thiocyanates is 1. The highest BCUT2D eigenvalue weighted by Gasteiger charge is 2.28. The standard InChI is InChI=1S/C25H23F2NS/c26-23-14-20(15-24(27)25(23)29-16-28)4-1-17-5-9-21(10-6-17)22-11-7-19(8-12-22)13-18-2-3-18/h5-6,9-10,14-15,18-19,22H,2-3,7-8,11-13H2. The van der Waals surface area contributed by atoms with E-state index in [-0.39, 0.29) is 10.5 Å². The van der Waals surface area contributed by atoms with Gasteiger partial charge in [-0.15, -0.1) is 0 Å². The number of halogens is 2. The van der Waals surface area contributed by atoms with E-state index in [9.17, 15) is 8.78 Å². The second-order valence-electron chi connectivity index (χ2n) is 8.23. The molecule has 148 valence electrons. The van der Waals surface area contributed by atoms with E-state index in [0.717, 1.165) is 17.4 Å². The van der Waals surface area contributed by atoms with Gasteiger partial charge in [0.05, 0.1) is 4.90 Å². The van der Waals surface area contributed by atoms with Crippen LogP contribution in [0.1, 0.15) is 67.6 Å². The lowest BCUT2D eigenvalue weighted by molar-refractivity contribution is 0.299. The third-order valence-corrected chi connectivity index (χ3v) is 6.78. The van der Waals surface area contributed by atoms with Gasteiger partial charge in [0, 0.05) is 11.1 Å². The largest absolute Gasteiger partial charge is 0.206 e. The van der Waals surface area contributed by atoms with Crippen LogP contribution < -0.4 is 0 Å². The summed E-state index contributed by atoms with van der Waals surface area (Å²) in [6.45, 7) is 0. The smallest absolute Gasteiger partial charge is 0.142 e. The van der Waals surface area contributed by atoms with Gasteiger partial charge in [-0.2, -0.15) is 5.26 Å². The van der Waals surface area contributed by atoms with Crippen molar-refractivity contribution in [1.29, 1.82) is 5.26 Å². The Kier molecular flexibility index (Phi) is 6.22. The number of benzene rings is 2. The molecule has 4 rings (SSSR count). The molecule has 0 bridgehead atoms. The molecule has 0 aromatic heterocycles. The van der Waals surface area contributed by atoms with Gasteiger partial charge in [-0.3, -0.25) is 0 Å². The van der Waals surface area contributed by atoms with Crippen molar-refractivity contribution in [3.8, 4) is 17.2 Å². The predicted molar refractivity (Wildman–Crippen MR) is 112 cm³/mol. The SMILES string of the molecule is N#CSc1c(F)cc(C#Cc2ccc(C3CCC(CC4CC4)CC3)cc2)cc1F. The monoisotopic (exact) mass is 407 g/mol. The van der Waals surface area contributed by atoms with Crippen molar-refractivity contribution in [1.82, 2.24) is 0 Å². The fourth-order valence-corrected chi connectivity index (χ4v) is 4.72. The Bertz CT molecular complexity index is 946. The van der Waals surface area contributed by atoms with Gasteiger partial charge < -0.3 is 0 Å². The van der Waals surface area contributed by atoms with Gasteiger partial charge >= 0.3 is 0 Å². The molecule has 0 saturated heterocycles. The Morgan fingerprint density at radius 1 is 0.828 bits per heavy atom. The highest BCUT2D eigenvalue weighted by Crippen LogP contribution is 2.43. The molecule has 2 aromatic carbocycles. The second kappa shape index (κ2) is 9.02. The molecule has 4 heteroatoms. The van der Waals surface area contributed by atoms with Crippen LogP contribution in [-0.2, 0) is 0 Å². The number of hydrogen-bond acceptors (Lipinski definition) is 2. The van der Waals surface area contributed by atoms with E-state index in [0.29, 0.717) is 17.7 Å². The van der Waals surface area contributed by atoms with Crippen LogP contribution in [-0.4, -0.2) is 0 Å². The van der Waals surface area contributed by atoms with E-state index in [1.165, 1.54) is 62.6 Å². The lowest BCUT2D eigenvalue weighted by atomic mass is 9.77. The van der Waals surface area contributed by atoms with Crippen LogP contribution in [0.4, 0.5) is 8.78 Å². The highest BCUT2D eigenvalue weighted by atomic mass is 32.2. The first-order valence-electron chi connectivity index (χ1n) is 10.3. The maximum Gasteiger partial charge on any atom is 0.142 e. The average Bonchev–Trinajstić information content (AvgIpc) is 3.54. The van der Waals surface area contributed by atoms with Crippen LogP contribution in [0.15, 0.2) is 41.3 Å². The molecule has 0 unspecified atom stereocenters. The molecular weight excluding hydrogens is 384 g/mol. The van der Waals surface area contributed by atoms with Crippen molar-refractivity contribution in [3.05, 3.63) is 64.7 Å². The van der Waals surface area contributed by atoms with Gasteiger partial charge in [-0.1, -0.05) is 36.8 Å². The molecular formula is C25H23F2NS. The molecule has 2 aliphatic carbocycles. The minimum Gasteiger partial charge on any atom is -0.206 e. The summed E-state index contributed by atoms with van der Waals surface area (Å²) < 4.78 is 27.8. The Morgan fingerprint density at radius 3 is 1.93 bits per heavy atom. The van der Waals surface area contributed by atoms with Gasteiger partial charge in [-0.25, -0.2) is 8.78 Å². The van der Waals surface area contributed by atoms with Crippen molar-refractivity contribution >= 4 is 11.8 Å². The fourth-order valence-electron chi connectivity index (χ4n) is 4.31. The summed E-state index contributed by atoms with van der Waals surface area (Å²) >= 11 is 0.480. The minimum absolute atomic E-state index is 0.264. The maximum absolute atomic E-state index is 13.9. The molecule has 0 atom stereocenters. The van der Waals surface area contributed by atoms with Crippen LogP contribution in [0.5, 0.6) is 0 Å². The average molecular weight is 408 g/mol. The first-order chi connectivity index (χ1) is 14.1. The van der Waals surface area contributed by atoms with Crippen molar-refractivity contribution in [2.45, 2.75) is 55.8 Å². The summed E-state index contributed by atoms with van der Waals surface area (Å²) in [5.74, 6) is 6.88. The van der Waals surface area contributed by atoms with Gasteiger partial charge in [0.25, 0.3) is 0 Å². The molecule has 2 aliphatic rings. The minimum atomic E-state index is -0.756. The summed E-state index contributed by atoms with van der Waals surface area (Å²) in [5.41, 5.74) is 2.46. The molecule has 2 saturated carbocycles. The Labute approximate surface area is 175 Å². The van der Waals surface area contributed by atoms with Crippen molar-refractivity contribution in [2.75, 3.05) is 0 Å². The van der Waals surface area contributed by atoms with Crippen molar-refractivity contribution in [3.63, 3.8) is 0 Å². The van der Waals surface area contributed by atoms with Crippen LogP contribution in [0, 0.1) is 46.0 Å². The first kappa shape index (κ1) is 20.0. The second-order valence-corrected chi connectivity index (χ2v) is 9.03. The summed E-state index contributed by atoms with van der Waals surface area (Å²) in [5, 5.41) is 10.3. The summed E-state index contributed by atoms with van der Waals surface area (Å²) in [7, 11) is 0. The van der Waals surface area contributed by atoms with Crippen LogP contribution >= 0.6 is 11.8 Å².